The smallest absolute Gasteiger partial charge is 0.147 e. The fourth-order valence-electron chi connectivity index (χ4n) is 2.96. The predicted octanol–water partition coefficient (Wildman–Crippen LogP) is 1.65. The fourth-order valence-corrected chi connectivity index (χ4v) is 3.72. The largest absolute Gasteiger partial charge is 0.330 e. The third-order valence-corrected chi connectivity index (χ3v) is 4.98. The lowest BCUT2D eigenvalue weighted by Gasteiger charge is -2.38. The summed E-state index contributed by atoms with van der Waals surface area (Å²) in [4.78, 5) is 0. The molecule has 0 radical (unpaired) electrons. The molecule has 1 aromatic carbocycles. The molecule has 4 heteroatoms. The van der Waals surface area contributed by atoms with Gasteiger partial charge in [-0.15, -0.1) is 0 Å². The molecule has 0 amide bonds. The summed E-state index contributed by atoms with van der Waals surface area (Å²) in [6.07, 6.45) is 5.11. The molecule has 0 aromatic heterocycles. The van der Waals surface area contributed by atoms with Crippen LogP contribution in [0, 0.1) is 0 Å². The van der Waals surface area contributed by atoms with Crippen molar-refractivity contribution in [1.29, 1.82) is 0 Å². The molecule has 0 spiro atoms. The minimum atomic E-state index is -2.93. The van der Waals surface area contributed by atoms with E-state index in [1.807, 2.05) is 12.1 Å². The second-order valence-electron chi connectivity index (χ2n) is 5.38. The van der Waals surface area contributed by atoms with Gasteiger partial charge in [0, 0.05) is 18.2 Å². The van der Waals surface area contributed by atoms with Crippen molar-refractivity contribution >= 4 is 9.84 Å². The Labute approximate surface area is 109 Å². The molecule has 3 nitrogen and oxygen atoms in total. The molecule has 0 saturated heterocycles. The maximum absolute atomic E-state index is 11.4. The first-order valence-corrected chi connectivity index (χ1v) is 8.49. The Kier molecular flexibility index (Phi) is 3.78. The average molecular weight is 267 g/mol. The highest BCUT2D eigenvalue weighted by molar-refractivity contribution is 7.90. The lowest BCUT2D eigenvalue weighted by atomic mass is 9.68. The molecule has 1 aliphatic rings. The molecular formula is C14H21NO2S. The summed E-state index contributed by atoms with van der Waals surface area (Å²) in [6, 6.07) is 8.32. The quantitative estimate of drug-likeness (QED) is 0.902. The normalized spacial score (nSPS) is 23.7. The van der Waals surface area contributed by atoms with E-state index >= 15 is 0 Å². The van der Waals surface area contributed by atoms with E-state index < -0.39 is 9.84 Å². The number of hydrogen-bond acceptors (Lipinski definition) is 3. The van der Waals surface area contributed by atoms with Crippen LogP contribution in [0.3, 0.4) is 0 Å². The van der Waals surface area contributed by atoms with Gasteiger partial charge in [0.15, 0.2) is 0 Å². The Hall–Kier alpha value is -0.870. The molecule has 1 unspecified atom stereocenters. The van der Waals surface area contributed by atoms with E-state index in [1.54, 1.807) is 0 Å². The second kappa shape index (κ2) is 5.02. The summed E-state index contributed by atoms with van der Waals surface area (Å²) in [5.74, 6) is 0.221. The van der Waals surface area contributed by atoms with Crippen molar-refractivity contribution < 1.29 is 8.42 Å². The molecule has 1 aromatic rings. The Balaban J connectivity index is 2.33. The van der Waals surface area contributed by atoms with Crippen LogP contribution in [0.15, 0.2) is 24.3 Å². The van der Waals surface area contributed by atoms with Crippen LogP contribution in [0.25, 0.3) is 0 Å². The maximum atomic E-state index is 11.4. The Bertz CT molecular complexity index is 524. The Morgan fingerprint density at radius 3 is 2.72 bits per heavy atom. The lowest BCUT2D eigenvalue weighted by molar-refractivity contribution is 0.357. The van der Waals surface area contributed by atoms with Gasteiger partial charge in [-0.2, -0.15) is 0 Å². The number of hydrogen-bond donors (Lipinski definition) is 1. The zero-order valence-electron chi connectivity index (χ0n) is 10.9. The number of sulfone groups is 1. The highest BCUT2D eigenvalue weighted by atomic mass is 32.2. The van der Waals surface area contributed by atoms with Gasteiger partial charge in [0.1, 0.15) is 9.84 Å². The van der Waals surface area contributed by atoms with E-state index in [2.05, 4.69) is 12.1 Å². The molecule has 0 aliphatic heterocycles. The maximum Gasteiger partial charge on any atom is 0.147 e. The zero-order valence-corrected chi connectivity index (χ0v) is 11.7. The van der Waals surface area contributed by atoms with E-state index in [0.717, 1.165) is 19.3 Å². The lowest BCUT2D eigenvalue weighted by Crippen LogP contribution is -2.40. The van der Waals surface area contributed by atoms with Crippen molar-refractivity contribution in [3.63, 3.8) is 0 Å². The van der Waals surface area contributed by atoms with Crippen molar-refractivity contribution in [2.75, 3.05) is 18.6 Å². The van der Waals surface area contributed by atoms with E-state index in [-0.39, 0.29) is 11.2 Å². The molecule has 0 heterocycles. The number of fused-ring (bicyclic) bond motifs is 1. The van der Waals surface area contributed by atoms with E-state index in [0.29, 0.717) is 13.0 Å². The molecule has 18 heavy (non-hydrogen) atoms. The van der Waals surface area contributed by atoms with Gasteiger partial charge < -0.3 is 5.73 Å². The molecule has 0 bridgehead atoms. The highest BCUT2D eigenvalue weighted by Crippen LogP contribution is 2.39. The van der Waals surface area contributed by atoms with Crippen LogP contribution >= 0.6 is 0 Å². The topological polar surface area (TPSA) is 60.2 Å². The first-order valence-electron chi connectivity index (χ1n) is 6.43. The van der Waals surface area contributed by atoms with Crippen LogP contribution in [0.2, 0.25) is 0 Å². The van der Waals surface area contributed by atoms with Crippen LogP contribution in [0.4, 0.5) is 0 Å². The standard InChI is InChI=1S/C14H21NO2S/c1-18(16,17)10-9-14(11-15)8-4-6-12-5-2-3-7-13(12)14/h2-3,5,7H,4,6,8-11,15H2,1H3. The number of nitrogens with two attached hydrogens (primary N) is 1. The minimum absolute atomic E-state index is 0.141. The van der Waals surface area contributed by atoms with Crippen molar-refractivity contribution in [2.24, 2.45) is 5.73 Å². The summed E-state index contributed by atoms with van der Waals surface area (Å²) in [6.45, 7) is 0.527. The van der Waals surface area contributed by atoms with Gasteiger partial charge in [-0.25, -0.2) is 8.42 Å². The molecule has 1 aliphatic carbocycles. The van der Waals surface area contributed by atoms with Gasteiger partial charge in [0.05, 0.1) is 5.75 Å². The molecular weight excluding hydrogens is 246 g/mol. The van der Waals surface area contributed by atoms with Gasteiger partial charge in [0.2, 0.25) is 0 Å². The highest BCUT2D eigenvalue weighted by Gasteiger charge is 2.35. The average Bonchev–Trinajstić information content (AvgIpc) is 2.35. The van der Waals surface area contributed by atoms with Crippen LogP contribution in [-0.2, 0) is 21.7 Å². The summed E-state index contributed by atoms with van der Waals surface area (Å²) < 4.78 is 22.8. The van der Waals surface area contributed by atoms with E-state index in [9.17, 15) is 8.42 Å². The number of rotatable bonds is 4. The van der Waals surface area contributed by atoms with Crippen LogP contribution in [-0.4, -0.2) is 27.0 Å². The SMILES string of the molecule is CS(=O)(=O)CCC1(CN)CCCc2ccccc21. The van der Waals surface area contributed by atoms with Crippen molar-refractivity contribution in [1.82, 2.24) is 0 Å². The molecule has 0 saturated carbocycles. The monoisotopic (exact) mass is 267 g/mol. The van der Waals surface area contributed by atoms with Gasteiger partial charge in [0.25, 0.3) is 0 Å². The van der Waals surface area contributed by atoms with Gasteiger partial charge in [-0.3, -0.25) is 0 Å². The summed E-state index contributed by atoms with van der Waals surface area (Å²) >= 11 is 0. The molecule has 2 N–H and O–H groups in total. The molecule has 0 fully saturated rings. The fraction of sp³-hybridized carbons (Fsp3) is 0.571. The van der Waals surface area contributed by atoms with Gasteiger partial charge in [-0.05, 0) is 36.8 Å². The Morgan fingerprint density at radius 2 is 2.06 bits per heavy atom. The zero-order chi connectivity index (χ0) is 13.2. The first-order chi connectivity index (χ1) is 8.47. The minimum Gasteiger partial charge on any atom is -0.330 e. The summed E-state index contributed by atoms with van der Waals surface area (Å²) in [5.41, 5.74) is 8.45. The molecule has 100 valence electrons. The van der Waals surface area contributed by atoms with Gasteiger partial charge >= 0.3 is 0 Å². The van der Waals surface area contributed by atoms with Crippen LogP contribution < -0.4 is 5.73 Å². The molecule has 1 atom stereocenters. The van der Waals surface area contributed by atoms with Crippen molar-refractivity contribution in [3.8, 4) is 0 Å². The van der Waals surface area contributed by atoms with E-state index in [4.69, 9.17) is 5.73 Å². The van der Waals surface area contributed by atoms with E-state index in [1.165, 1.54) is 17.4 Å². The summed E-state index contributed by atoms with van der Waals surface area (Å²) in [5, 5.41) is 0. The summed E-state index contributed by atoms with van der Waals surface area (Å²) in [7, 11) is -2.93. The van der Waals surface area contributed by atoms with Crippen molar-refractivity contribution in [3.05, 3.63) is 35.4 Å². The number of aryl methyl sites for hydroxylation is 1. The second-order valence-corrected chi connectivity index (χ2v) is 7.63. The number of benzene rings is 1. The first kappa shape index (κ1) is 13.6. The van der Waals surface area contributed by atoms with Gasteiger partial charge in [-0.1, -0.05) is 24.3 Å². The Morgan fingerprint density at radius 1 is 1.33 bits per heavy atom. The molecule has 2 rings (SSSR count). The van der Waals surface area contributed by atoms with Crippen LogP contribution in [0.5, 0.6) is 0 Å². The van der Waals surface area contributed by atoms with Crippen LogP contribution in [0.1, 0.15) is 30.4 Å². The third kappa shape index (κ3) is 2.75. The predicted molar refractivity (Wildman–Crippen MR) is 74.4 cm³/mol. The van der Waals surface area contributed by atoms with Crippen molar-refractivity contribution in [2.45, 2.75) is 31.1 Å². The third-order valence-electron chi connectivity index (χ3n) is 4.03.